The molecule has 0 aliphatic carbocycles. The number of esters is 1. The van der Waals surface area contributed by atoms with Gasteiger partial charge in [0.15, 0.2) is 23.9 Å². The average Bonchev–Trinajstić information content (AvgIpc) is 2.65. The number of benzene rings is 2. The van der Waals surface area contributed by atoms with Crippen LogP contribution >= 0.6 is 11.6 Å². The van der Waals surface area contributed by atoms with Crippen LogP contribution < -0.4 is 9.47 Å². The van der Waals surface area contributed by atoms with E-state index in [1.807, 2.05) is 13.8 Å². The molecule has 0 aliphatic rings. The minimum Gasteiger partial charge on any atom is -0.493 e. The Kier molecular flexibility index (Phi) is 7.44. The normalized spacial score (nSPS) is 10.9. The van der Waals surface area contributed by atoms with Crippen molar-refractivity contribution in [2.75, 3.05) is 13.7 Å². The van der Waals surface area contributed by atoms with Gasteiger partial charge in [-0.2, -0.15) is 0 Å². The van der Waals surface area contributed by atoms with E-state index in [2.05, 4.69) is 0 Å². The fourth-order valence-corrected chi connectivity index (χ4v) is 2.33. The van der Waals surface area contributed by atoms with Crippen LogP contribution in [0.3, 0.4) is 0 Å². The molecule has 0 saturated heterocycles. The summed E-state index contributed by atoms with van der Waals surface area (Å²) in [6.07, 6.45) is 2.86. The van der Waals surface area contributed by atoms with E-state index < -0.39 is 5.97 Å². The standard InChI is InChI=1S/C21H21ClO5/c1-14(2)27-19-10-4-15(12-20(19)25-3)5-11-21(24)26-13-18(23)16-6-8-17(22)9-7-16/h4-12,14H,13H2,1-3H3/b11-5+. The van der Waals surface area contributed by atoms with Gasteiger partial charge in [-0.3, -0.25) is 4.79 Å². The lowest BCUT2D eigenvalue weighted by atomic mass is 10.1. The third-order valence-electron chi connectivity index (χ3n) is 3.47. The first-order valence-electron chi connectivity index (χ1n) is 8.37. The fourth-order valence-electron chi connectivity index (χ4n) is 2.21. The topological polar surface area (TPSA) is 61.8 Å². The van der Waals surface area contributed by atoms with Crippen LogP contribution in [-0.4, -0.2) is 31.6 Å². The van der Waals surface area contributed by atoms with Gasteiger partial charge >= 0.3 is 5.97 Å². The molecule has 0 fully saturated rings. The number of rotatable bonds is 8. The molecule has 0 bridgehead atoms. The summed E-state index contributed by atoms with van der Waals surface area (Å²) in [6.45, 7) is 3.51. The molecule has 2 aromatic carbocycles. The minimum atomic E-state index is -0.612. The summed E-state index contributed by atoms with van der Waals surface area (Å²) in [5.74, 6) is 0.280. The predicted octanol–water partition coefficient (Wildman–Crippen LogP) is 4.58. The second-order valence-electron chi connectivity index (χ2n) is 5.95. The molecule has 0 radical (unpaired) electrons. The minimum absolute atomic E-state index is 0.0217. The Morgan fingerprint density at radius 2 is 1.78 bits per heavy atom. The zero-order chi connectivity index (χ0) is 19.8. The summed E-state index contributed by atoms with van der Waals surface area (Å²) in [7, 11) is 1.55. The highest BCUT2D eigenvalue weighted by atomic mass is 35.5. The Balaban J connectivity index is 1.94. The second kappa shape index (κ2) is 9.78. The van der Waals surface area contributed by atoms with Crippen molar-refractivity contribution in [1.82, 2.24) is 0 Å². The second-order valence-corrected chi connectivity index (χ2v) is 6.38. The number of hydrogen-bond acceptors (Lipinski definition) is 5. The number of ketones is 1. The Bertz CT molecular complexity index is 825. The molecule has 0 aliphatic heterocycles. The summed E-state index contributed by atoms with van der Waals surface area (Å²) in [4.78, 5) is 23.8. The van der Waals surface area contributed by atoms with Gasteiger partial charge in [0.2, 0.25) is 0 Å². The highest BCUT2D eigenvalue weighted by Crippen LogP contribution is 2.29. The molecule has 142 valence electrons. The Morgan fingerprint density at radius 3 is 2.41 bits per heavy atom. The van der Waals surface area contributed by atoms with Gasteiger partial charge in [-0.15, -0.1) is 0 Å². The molecule has 0 N–H and O–H groups in total. The summed E-state index contributed by atoms with van der Waals surface area (Å²) in [6, 6.07) is 11.7. The molecule has 0 amide bonds. The van der Waals surface area contributed by atoms with Gasteiger partial charge in [0.1, 0.15) is 0 Å². The van der Waals surface area contributed by atoms with Gasteiger partial charge in [0.25, 0.3) is 0 Å². The van der Waals surface area contributed by atoms with E-state index in [1.165, 1.54) is 6.08 Å². The van der Waals surface area contributed by atoms with Gasteiger partial charge in [-0.1, -0.05) is 17.7 Å². The largest absolute Gasteiger partial charge is 0.493 e. The number of halogens is 1. The molecule has 0 heterocycles. The van der Waals surface area contributed by atoms with Gasteiger partial charge in [0.05, 0.1) is 13.2 Å². The van der Waals surface area contributed by atoms with E-state index in [9.17, 15) is 9.59 Å². The molecule has 2 aromatic rings. The van der Waals surface area contributed by atoms with Crippen molar-refractivity contribution in [3.8, 4) is 11.5 Å². The molecule has 0 atom stereocenters. The number of hydrogen-bond donors (Lipinski definition) is 0. The summed E-state index contributed by atoms with van der Waals surface area (Å²) >= 11 is 5.78. The van der Waals surface area contributed by atoms with E-state index in [0.29, 0.717) is 22.1 Å². The number of carbonyl (C=O) groups is 2. The third-order valence-corrected chi connectivity index (χ3v) is 3.73. The number of carbonyl (C=O) groups excluding carboxylic acids is 2. The average molecular weight is 389 g/mol. The number of ether oxygens (including phenoxy) is 3. The van der Waals surface area contributed by atoms with Gasteiger partial charge < -0.3 is 14.2 Å². The number of Topliss-reactive ketones (excluding diaryl/α,β-unsaturated/α-hetero) is 1. The summed E-state index contributed by atoms with van der Waals surface area (Å²) in [5.41, 5.74) is 1.17. The Labute approximate surface area is 163 Å². The molecule has 0 spiro atoms. The molecule has 27 heavy (non-hydrogen) atoms. The van der Waals surface area contributed by atoms with E-state index >= 15 is 0 Å². The molecular formula is C21H21ClO5. The quantitative estimate of drug-likeness (QED) is 0.376. The van der Waals surface area contributed by atoms with Crippen LogP contribution in [0.5, 0.6) is 11.5 Å². The maximum atomic E-state index is 12.0. The Hall–Kier alpha value is -2.79. The van der Waals surface area contributed by atoms with Crippen LogP contribution in [-0.2, 0) is 9.53 Å². The van der Waals surface area contributed by atoms with E-state index in [4.69, 9.17) is 25.8 Å². The number of methoxy groups -OCH3 is 1. The lowest BCUT2D eigenvalue weighted by molar-refractivity contribution is -0.136. The van der Waals surface area contributed by atoms with E-state index in [-0.39, 0.29) is 18.5 Å². The van der Waals surface area contributed by atoms with E-state index in [0.717, 1.165) is 5.56 Å². The van der Waals surface area contributed by atoms with Crippen LogP contribution in [0.2, 0.25) is 5.02 Å². The Morgan fingerprint density at radius 1 is 1.07 bits per heavy atom. The predicted molar refractivity (Wildman–Crippen MR) is 105 cm³/mol. The molecule has 2 rings (SSSR count). The molecule has 0 unspecified atom stereocenters. The van der Waals surface area contributed by atoms with Gasteiger partial charge in [-0.05, 0) is 61.9 Å². The first-order chi connectivity index (χ1) is 12.9. The smallest absolute Gasteiger partial charge is 0.331 e. The summed E-state index contributed by atoms with van der Waals surface area (Å²) < 4.78 is 15.9. The van der Waals surface area contributed by atoms with Crippen LogP contribution in [0, 0.1) is 0 Å². The zero-order valence-electron chi connectivity index (χ0n) is 15.4. The maximum absolute atomic E-state index is 12.0. The highest BCUT2D eigenvalue weighted by molar-refractivity contribution is 6.30. The first kappa shape index (κ1) is 20.5. The highest BCUT2D eigenvalue weighted by Gasteiger charge is 2.09. The van der Waals surface area contributed by atoms with Crippen LogP contribution in [0.25, 0.3) is 6.08 Å². The van der Waals surface area contributed by atoms with E-state index in [1.54, 1.807) is 55.7 Å². The van der Waals surface area contributed by atoms with Crippen molar-refractivity contribution < 1.29 is 23.8 Å². The molecule has 6 heteroatoms. The van der Waals surface area contributed by atoms with Crippen molar-refractivity contribution in [3.05, 3.63) is 64.7 Å². The van der Waals surface area contributed by atoms with Crippen molar-refractivity contribution in [2.24, 2.45) is 0 Å². The van der Waals surface area contributed by atoms with Crippen molar-refractivity contribution in [3.63, 3.8) is 0 Å². The first-order valence-corrected chi connectivity index (χ1v) is 8.75. The van der Waals surface area contributed by atoms with Crippen LogP contribution in [0.4, 0.5) is 0 Å². The van der Waals surface area contributed by atoms with Crippen molar-refractivity contribution in [1.29, 1.82) is 0 Å². The molecule has 0 saturated carbocycles. The molecular weight excluding hydrogens is 368 g/mol. The van der Waals surface area contributed by atoms with Gasteiger partial charge in [-0.25, -0.2) is 4.79 Å². The van der Waals surface area contributed by atoms with Crippen LogP contribution in [0.1, 0.15) is 29.8 Å². The lowest BCUT2D eigenvalue weighted by Crippen LogP contribution is -2.12. The van der Waals surface area contributed by atoms with Gasteiger partial charge in [0, 0.05) is 16.7 Å². The molecule has 5 nitrogen and oxygen atoms in total. The zero-order valence-corrected chi connectivity index (χ0v) is 16.2. The van der Waals surface area contributed by atoms with Crippen molar-refractivity contribution >= 4 is 29.4 Å². The summed E-state index contributed by atoms with van der Waals surface area (Å²) in [5, 5.41) is 0.534. The monoisotopic (exact) mass is 388 g/mol. The maximum Gasteiger partial charge on any atom is 0.331 e. The lowest BCUT2D eigenvalue weighted by Gasteiger charge is -2.13. The van der Waals surface area contributed by atoms with Crippen LogP contribution in [0.15, 0.2) is 48.5 Å². The third kappa shape index (κ3) is 6.46. The molecule has 0 aromatic heterocycles. The SMILES string of the molecule is COc1cc(/C=C/C(=O)OCC(=O)c2ccc(Cl)cc2)ccc1OC(C)C. The van der Waals surface area contributed by atoms with Crippen molar-refractivity contribution in [2.45, 2.75) is 20.0 Å². The fraction of sp³-hybridized carbons (Fsp3) is 0.238.